The predicted molar refractivity (Wildman–Crippen MR) is 79.1 cm³/mol. The molecule has 3 aliphatic rings. The number of hydrogen-bond donors (Lipinski definition) is 1. The Bertz CT molecular complexity index is 252. The number of aliphatic hydroxyl groups excluding tert-OH is 1. The first kappa shape index (κ1) is 15.8. The van der Waals surface area contributed by atoms with Gasteiger partial charge < -0.3 is 5.11 Å². The minimum absolute atomic E-state index is 0.0248. The molecular weight excluding hydrogens is 433 g/mol. The van der Waals surface area contributed by atoms with Crippen LogP contribution in [0.2, 0.25) is 3.43 Å². The fraction of sp³-hybridized carbons (Fsp3) is 1.00. The van der Waals surface area contributed by atoms with Gasteiger partial charge in [0, 0.05) is 0 Å². The standard InChI is InChI=1S/C18H31O.Hg/c19-18-12-10-17(11-13-18)16-8-6-15(7-9-16)14-4-2-1-3-5-14;/h1,14-19H,2-13H2;. The van der Waals surface area contributed by atoms with Crippen LogP contribution in [0.3, 0.4) is 0 Å². The Kier molecular flexibility index (Phi) is 5.87. The van der Waals surface area contributed by atoms with E-state index in [0.29, 0.717) is 0 Å². The van der Waals surface area contributed by atoms with Crippen molar-refractivity contribution in [3.8, 4) is 0 Å². The Balaban J connectivity index is 1.42. The molecule has 3 aliphatic carbocycles. The van der Waals surface area contributed by atoms with E-state index in [1.165, 1.54) is 42.0 Å². The molecule has 0 aromatic rings. The second-order valence-corrected chi connectivity index (χ2v) is 12.5. The molecule has 0 aromatic carbocycles. The quantitative estimate of drug-likeness (QED) is 0.579. The average molecular weight is 464 g/mol. The first-order valence-corrected chi connectivity index (χ1v) is 12.4. The van der Waals surface area contributed by atoms with Crippen molar-refractivity contribution in [1.82, 2.24) is 0 Å². The van der Waals surface area contributed by atoms with Crippen LogP contribution in [0.5, 0.6) is 0 Å². The van der Waals surface area contributed by atoms with Crippen molar-refractivity contribution in [3.63, 3.8) is 0 Å². The molecule has 0 atom stereocenters. The molecule has 0 spiro atoms. The summed E-state index contributed by atoms with van der Waals surface area (Å²) in [6.45, 7) is 0. The molecule has 1 N–H and O–H groups in total. The molecule has 0 saturated heterocycles. The van der Waals surface area contributed by atoms with Gasteiger partial charge in [0.15, 0.2) is 0 Å². The Labute approximate surface area is 141 Å². The van der Waals surface area contributed by atoms with Crippen LogP contribution in [-0.2, 0) is 26.1 Å². The Hall–Kier alpha value is 0.895. The van der Waals surface area contributed by atoms with E-state index in [9.17, 15) is 5.11 Å². The summed E-state index contributed by atoms with van der Waals surface area (Å²) in [7, 11) is 0. The Morgan fingerprint density at radius 2 is 0.800 bits per heavy atom. The third kappa shape index (κ3) is 4.00. The van der Waals surface area contributed by atoms with Crippen LogP contribution in [0.4, 0.5) is 0 Å². The van der Waals surface area contributed by atoms with Crippen LogP contribution in [0.15, 0.2) is 0 Å². The van der Waals surface area contributed by atoms with Gasteiger partial charge in [-0.2, -0.15) is 0 Å². The van der Waals surface area contributed by atoms with Crippen molar-refractivity contribution in [1.29, 1.82) is 0 Å². The van der Waals surface area contributed by atoms with Crippen LogP contribution in [0.25, 0.3) is 0 Å². The molecule has 0 unspecified atom stereocenters. The molecule has 0 amide bonds. The summed E-state index contributed by atoms with van der Waals surface area (Å²) in [6, 6.07) is 0. The molecule has 3 rings (SSSR count). The molecule has 20 heavy (non-hydrogen) atoms. The predicted octanol–water partition coefficient (Wildman–Crippen LogP) is 4.87. The topological polar surface area (TPSA) is 20.2 Å². The van der Waals surface area contributed by atoms with Gasteiger partial charge in [-0.3, -0.25) is 0 Å². The first-order chi connectivity index (χ1) is 9.72. The molecule has 111 valence electrons. The van der Waals surface area contributed by atoms with Crippen molar-refractivity contribution < 1.29 is 31.2 Å². The third-order valence-corrected chi connectivity index (χ3v) is 9.96. The van der Waals surface area contributed by atoms with E-state index in [1.807, 2.05) is 0 Å². The van der Waals surface area contributed by atoms with Gasteiger partial charge in [0.05, 0.1) is 0 Å². The maximum atomic E-state index is 9.66. The summed E-state index contributed by atoms with van der Waals surface area (Å²) >= 11 is 1.03. The Morgan fingerprint density at radius 1 is 0.500 bits per heavy atom. The van der Waals surface area contributed by atoms with Crippen LogP contribution in [0.1, 0.15) is 77.0 Å². The zero-order valence-electron chi connectivity index (χ0n) is 13.1. The molecule has 0 aliphatic heterocycles. The summed E-state index contributed by atoms with van der Waals surface area (Å²) in [6.07, 6.45) is 17.2. The van der Waals surface area contributed by atoms with Crippen molar-refractivity contribution in [3.05, 3.63) is 0 Å². The molecule has 3 fully saturated rings. The second-order valence-electron chi connectivity index (χ2n) is 8.02. The summed E-state index contributed by atoms with van der Waals surface area (Å²) in [5, 5.41) is 9.66. The average Bonchev–Trinajstić information content (AvgIpc) is 2.49. The summed E-state index contributed by atoms with van der Waals surface area (Å²) < 4.78 is 1.19. The number of hydrogen-bond acceptors (Lipinski definition) is 1. The summed E-state index contributed by atoms with van der Waals surface area (Å²) in [5.41, 5.74) is 0. The fourth-order valence-electron chi connectivity index (χ4n) is 5.32. The fourth-order valence-corrected chi connectivity index (χ4v) is 7.15. The van der Waals surface area contributed by atoms with E-state index in [-0.39, 0.29) is 6.10 Å². The van der Waals surface area contributed by atoms with Crippen molar-refractivity contribution in [2.24, 2.45) is 23.7 Å². The summed E-state index contributed by atoms with van der Waals surface area (Å²) in [4.78, 5) is 0. The van der Waals surface area contributed by atoms with Gasteiger partial charge in [0.25, 0.3) is 0 Å². The molecule has 3 saturated carbocycles. The van der Waals surface area contributed by atoms with E-state index < -0.39 is 0 Å². The molecule has 1 nitrogen and oxygen atoms in total. The Morgan fingerprint density at radius 3 is 1.20 bits per heavy atom. The third-order valence-electron chi connectivity index (χ3n) is 6.78. The van der Waals surface area contributed by atoms with Gasteiger partial charge in [-0.1, -0.05) is 0 Å². The normalized spacial score (nSPS) is 47.1. The first-order valence-electron chi connectivity index (χ1n) is 9.23. The summed E-state index contributed by atoms with van der Waals surface area (Å²) in [5.74, 6) is 4.15. The molecule has 2 heteroatoms. The van der Waals surface area contributed by atoms with Gasteiger partial charge in [0.1, 0.15) is 0 Å². The molecule has 0 bridgehead atoms. The number of aliphatic hydroxyl groups is 1. The maximum absolute atomic E-state index is 9.66. The molecule has 0 radical (unpaired) electrons. The van der Waals surface area contributed by atoms with Crippen LogP contribution >= 0.6 is 0 Å². The van der Waals surface area contributed by atoms with Gasteiger partial charge in [-0.05, 0) is 0 Å². The van der Waals surface area contributed by atoms with E-state index in [0.717, 1.165) is 62.6 Å². The van der Waals surface area contributed by atoms with E-state index in [2.05, 4.69) is 0 Å². The van der Waals surface area contributed by atoms with Gasteiger partial charge >= 0.3 is 136 Å². The molecule has 0 heterocycles. The molecular formula is C18H31HgO. The second kappa shape index (κ2) is 7.44. The van der Waals surface area contributed by atoms with E-state index in [1.54, 1.807) is 25.7 Å². The van der Waals surface area contributed by atoms with Gasteiger partial charge in [0.2, 0.25) is 0 Å². The zero-order valence-corrected chi connectivity index (χ0v) is 18.6. The van der Waals surface area contributed by atoms with Crippen LogP contribution in [0, 0.1) is 23.7 Å². The van der Waals surface area contributed by atoms with Crippen LogP contribution < -0.4 is 0 Å². The SMILES string of the molecule is OC1CCC(C2CCC(C3CC[CH]([Hg])CC3)CC2)CC1. The van der Waals surface area contributed by atoms with Crippen molar-refractivity contribution in [2.75, 3.05) is 0 Å². The van der Waals surface area contributed by atoms with Crippen LogP contribution in [-0.4, -0.2) is 11.2 Å². The zero-order chi connectivity index (χ0) is 13.9. The van der Waals surface area contributed by atoms with Crippen molar-refractivity contribution >= 4 is 0 Å². The van der Waals surface area contributed by atoms with Gasteiger partial charge in [-0.25, -0.2) is 0 Å². The number of rotatable bonds is 2. The van der Waals surface area contributed by atoms with E-state index >= 15 is 0 Å². The molecule has 0 aromatic heterocycles. The minimum atomic E-state index is 0.0248. The van der Waals surface area contributed by atoms with Gasteiger partial charge in [-0.15, -0.1) is 0 Å². The van der Waals surface area contributed by atoms with Crippen molar-refractivity contribution in [2.45, 2.75) is 86.6 Å². The monoisotopic (exact) mass is 465 g/mol. The van der Waals surface area contributed by atoms with E-state index in [4.69, 9.17) is 0 Å².